The Kier molecular flexibility index (Phi) is 6.46. The zero-order valence-electron chi connectivity index (χ0n) is 13.1. The van der Waals surface area contributed by atoms with Crippen molar-refractivity contribution in [1.82, 2.24) is 10.6 Å². The molecule has 4 N–H and O–H groups in total. The van der Waals surface area contributed by atoms with Gasteiger partial charge >= 0.3 is 0 Å². The second kappa shape index (κ2) is 7.62. The van der Waals surface area contributed by atoms with E-state index in [0.717, 1.165) is 12.8 Å². The Morgan fingerprint density at radius 3 is 2.20 bits per heavy atom. The first-order valence-corrected chi connectivity index (χ1v) is 7.62. The average molecular weight is 283 g/mol. The highest BCUT2D eigenvalue weighted by atomic mass is 16.2. The largest absolute Gasteiger partial charge is 0.352 e. The van der Waals surface area contributed by atoms with Crippen LogP contribution < -0.4 is 16.4 Å². The summed E-state index contributed by atoms with van der Waals surface area (Å²) in [6.45, 7) is 8.22. The topological polar surface area (TPSA) is 84.2 Å². The SMILES string of the molecule is CC1CC(C)CC(NC(=O)CNC(=O)[C@@H](N)C(C)C)C1. The number of nitrogens with two attached hydrogens (primary N) is 1. The molecule has 2 unspecified atom stereocenters. The summed E-state index contributed by atoms with van der Waals surface area (Å²) < 4.78 is 0. The first kappa shape index (κ1) is 17.0. The summed E-state index contributed by atoms with van der Waals surface area (Å²) in [5.41, 5.74) is 5.72. The van der Waals surface area contributed by atoms with Crippen LogP contribution in [0.5, 0.6) is 0 Å². The summed E-state index contributed by atoms with van der Waals surface area (Å²) in [6, 6.07) is -0.325. The van der Waals surface area contributed by atoms with Crippen LogP contribution in [0.4, 0.5) is 0 Å². The molecule has 0 aromatic heterocycles. The Balaban J connectivity index is 2.31. The van der Waals surface area contributed by atoms with Crippen LogP contribution in [-0.2, 0) is 9.59 Å². The maximum absolute atomic E-state index is 11.9. The van der Waals surface area contributed by atoms with Gasteiger partial charge in [-0.15, -0.1) is 0 Å². The lowest BCUT2D eigenvalue weighted by molar-refractivity contribution is -0.127. The Morgan fingerprint density at radius 2 is 1.70 bits per heavy atom. The van der Waals surface area contributed by atoms with Crippen molar-refractivity contribution >= 4 is 11.8 Å². The van der Waals surface area contributed by atoms with Gasteiger partial charge in [0.25, 0.3) is 0 Å². The molecule has 3 atom stereocenters. The molecule has 1 saturated carbocycles. The van der Waals surface area contributed by atoms with Gasteiger partial charge in [0.15, 0.2) is 0 Å². The standard InChI is InChI=1S/C15H29N3O2/c1-9(2)14(16)15(20)17-8-13(19)18-12-6-10(3)5-11(4)7-12/h9-12,14H,5-8,16H2,1-4H3,(H,17,20)(H,18,19)/t10?,11?,12?,14-/m0/s1. The molecule has 0 aliphatic heterocycles. The molecule has 0 aromatic carbocycles. The molecule has 0 aromatic rings. The summed E-state index contributed by atoms with van der Waals surface area (Å²) in [6.07, 6.45) is 3.28. The summed E-state index contributed by atoms with van der Waals surface area (Å²) in [7, 11) is 0. The van der Waals surface area contributed by atoms with E-state index >= 15 is 0 Å². The smallest absolute Gasteiger partial charge is 0.239 e. The lowest BCUT2D eigenvalue weighted by Gasteiger charge is -2.32. The van der Waals surface area contributed by atoms with Crippen LogP contribution in [0.15, 0.2) is 0 Å². The molecule has 1 fully saturated rings. The molecule has 1 rings (SSSR count). The van der Waals surface area contributed by atoms with Gasteiger partial charge in [-0.3, -0.25) is 9.59 Å². The van der Waals surface area contributed by atoms with Gasteiger partial charge in [-0.1, -0.05) is 27.7 Å². The van der Waals surface area contributed by atoms with Crippen LogP contribution in [0.2, 0.25) is 0 Å². The van der Waals surface area contributed by atoms with Crippen LogP contribution in [0.1, 0.15) is 47.0 Å². The second-order valence-electron chi connectivity index (χ2n) is 6.67. The first-order chi connectivity index (χ1) is 9.29. The third kappa shape index (κ3) is 5.49. The Labute approximate surface area is 122 Å². The molecule has 0 saturated heterocycles. The lowest BCUT2D eigenvalue weighted by atomic mass is 9.80. The Hall–Kier alpha value is -1.10. The zero-order chi connectivity index (χ0) is 15.3. The van der Waals surface area contributed by atoms with Crippen molar-refractivity contribution in [1.29, 1.82) is 0 Å². The van der Waals surface area contributed by atoms with Crippen molar-refractivity contribution in [2.24, 2.45) is 23.5 Å². The van der Waals surface area contributed by atoms with Gasteiger partial charge in [0.2, 0.25) is 11.8 Å². The molecule has 2 amide bonds. The van der Waals surface area contributed by atoms with E-state index < -0.39 is 6.04 Å². The number of carbonyl (C=O) groups is 2. The van der Waals surface area contributed by atoms with Crippen LogP contribution >= 0.6 is 0 Å². The van der Waals surface area contributed by atoms with Gasteiger partial charge in [0, 0.05) is 6.04 Å². The summed E-state index contributed by atoms with van der Waals surface area (Å²) in [4.78, 5) is 23.5. The van der Waals surface area contributed by atoms with Crippen LogP contribution in [0.3, 0.4) is 0 Å². The minimum Gasteiger partial charge on any atom is -0.352 e. The molecular weight excluding hydrogens is 254 g/mol. The highest BCUT2D eigenvalue weighted by Crippen LogP contribution is 2.28. The van der Waals surface area contributed by atoms with Gasteiger partial charge < -0.3 is 16.4 Å². The van der Waals surface area contributed by atoms with Crippen molar-refractivity contribution in [3.8, 4) is 0 Å². The van der Waals surface area contributed by atoms with E-state index in [9.17, 15) is 9.59 Å². The highest BCUT2D eigenvalue weighted by molar-refractivity contribution is 5.87. The molecule has 0 bridgehead atoms. The normalized spacial score (nSPS) is 28.0. The quantitative estimate of drug-likeness (QED) is 0.704. The van der Waals surface area contributed by atoms with Gasteiger partial charge in [0.1, 0.15) is 0 Å². The second-order valence-corrected chi connectivity index (χ2v) is 6.67. The fourth-order valence-electron chi connectivity index (χ4n) is 2.93. The van der Waals surface area contributed by atoms with Crippen molar-refractivity contribution in [2.75, 3.05) is 6.54 Å². The Bertz CT molecular complexity index is 334. The first-order valence-electron chi connectivity index (χ1n) is 7.62. The van der Waals surface area contributed by atoms with E-state index in [-0.39, 0.29) is 30.3 Å². The van der Waals surface area contributed by atoms with Crippen LogP contribution in [0, 0.1) is 17.8 Å². The van der Waals surface area contributed by atoms with Crippen molar-refractivity contribution in [2.45, 2.75) is 59.0 Å². The van der Waals surface area contributed by atoms with Crippen LogP contribution in [-0.4, -0.2) is 30.4 Å². The van der Waals surface area contributed by atoms with E-state index in [0.29, 0.717) is 11.8 Å². The molecule has 0 spiro atoms. The van der Waals surface area contributed by atoms with E-state index in [2.05, 4.69) is 24.5 Å². The molecule has 1 aliphatic carbocycles. The molecule has 20 heavy (non-hydrogen) atoms. The van der Waals surface area contributed by atoms with E-state index in [1.165, 1.54) is 6.42 Å². The predicted octanol–water partition coefficient (Wildman–Crippen LogP) is 1.03. The predicted molar refractivity (Wildman–Crippen MR) is 79.9 cm³/mol. The summed E-state index contributed by atoms with van der Waals surface area (Å²) in [5, 5.41) is 5.61. The zero-order valence-corrected chi connectivity index (χ0v) is 13.1. The fraction of sp³-hybridized carbons (Fsp3) is 0.867. The lowest BCUT2D eigenvalue weighted by Crippen LogP contribution is -2.49. The number of rotatable bonds is 5. The van der Waals surface area contributed by atoms with Crippen molar-refractivity contribution in [3.63, 3.8) is 0 Å². The molecule has 1 aliphatic rings. The number of carbonyl (C=O) groups excluding carboxylic acids is 2. The fourth-order valence-corrected chi connectivity index (χ4v) is 2.93. The van der Waals surface area contributed by atoms with E-state index in [1.807, 2.05) is 13.8 Å². The highest BCUT2D eigenvalue weighted by Gasteiger charge is 2.25. The number of amides is 2. The minimum atomic E-state index is -0.558. The molecule has 5 heteroatoms. The minimum absolute atomic E-state index is 0.0124. The third-order valence-corrected chi connectivity index (χ3v) is 3.99. The van der Waals surface area contributed by atoms with Gasteiger partial charge in [-0.2, -0.15) is 0 Å². The number of hydrogen-bond acceptors (Lipinski definition) is 3. The van der Waals surface area contributed by atoms with Crippen molar-refractivity contribution in [3.05, 3.63) is 0 Å². The molecule has 0 heterocycles. The monoisotopic (exact) mass is 283 g/mol. The molecule has 5 nitrogen and oxygen atoms in total. The molecular formula is C15H29N3O2. The third-order valence-electron chi connectivity index (χ3n) is 3.99. The van der Waals surface area contributed by atoms with Gasteiger partial charge in [-0.05, 0) is 37.0 Å². The average Bonchev–Trinajstić information content (AvgIpc) is 2.33. The number of hydrogen-bond donors (Lipinski definition) is 3. The van der Waals surface area contributed by atoms with Crippen LogP contribution in [0.25, 0.3) is 0 Å². The van der Waals surface area contributed by atoms with Gasteiger partial charge in [-0.25, -0.2) is 0 Å². The van der Waals surface area contributed by atoms with Crippen molar-refractivity contribution < 1.29 is 9.59 Å². The van der Waals surface area contributed by atoms with E-state index in [1.54, 1.807) is 0 Å². The number of nitrogens with one attached hydrogen (secondary N) is 2. The Morgan fingerprint density at radius 1 is 1.15 bits per heavy atom. The van der Waals surface area contributed by atoms with E-state index in [4.69, 9.17) is 5.73 Å². The van der Waals surface area contributed by atoms with Gasteiger partial charge in [0.05, 0.1) is 12.6 Å². The molecule has 0 radical (unpaired) electrons. The summed E-state index contributed by atoms with van der Waals surface area (Å²) in [5.74, 6) is 0.972. The summed E-state index contributed by atoms with van der Waals surface area (Å²) >= 11 is 0. The maximum atomic E-state index is 11.9. The molecule has 116 valence electrons. The maximum Gasteiger partial charge on any atom is 0.239 e.